The number of hydrogen-bond acceptors (Lipinski definition) is 20. The van der Waals surface area contributed by atoms with Crippen LogP contribution in [0.15, 0.2) is 103 Å². The van der Waals surface area contributed by atoms with Crippen molar-refractivity contribution in [1.82, 2.24) is 37.2 Å². The van der Waals surface area contributed by atoms with Crippen LogP contribution in [0.2, 0.25) is 10.0 Å². The number of ether oxygens (including phenoxy) is 2. The standard InChI is InChI=1S/C56H51Cl2N9O17.2C2HF3O2/c1-61-32(12-21-3-2-4-26(59)11-21)50(75)66-45-47(72)23-6-9-36(30(57)14-23)83-38-16-25-17-39(49(38)74)84-37-10-7-24(15-31(37)58)48(73)46-55(80)65-44(56(81)82)29-18-27(68)19-35(70)41(29)28-13-22(5-8-34(28)69)42(52(77)67-46)64-53(78)43(25)63-51(76)33(20-40(60)71)62-54(45)79;2*3-2(4,5)1(6)7/h2-11,13-19,32-33,42-48,61,68-70,72-74H,12,20,59H2,1H3,(H2,60,71)(H,62,79)(H,63,76)(H,64,78)(H,65,80)(H,66,75)(H,67,77)(H,81,82);2*(H,6,7)/t32-,33+,42-,43-,44+,45-,46+,47-,48-;;/m1../s1. The van der Waals surface area contributed by atoms with E-state index in [2.05, 4.69) is 37.2 Å². The summed E-state index contributed by atoms with van der Waals surface area (Å²) >= 11 is 13.5. The van der Waals surface area contributed by atoms with Gasteiger partial charge in [-0.05, 0) is 108 Å². The van der Waals surface area contributed by atoms with Crippen molar-refractivity contribution in [2.45, 2.75) is 79.7 Å². The van der Waals surface area contributed by atoms with E-state index in [-0.39, 0.29) is 50.2 Å². The molecule has 0 aliphatic carbocycles. The van der Waals surface area contributed by atoms with Gasteiger partial charge < -0.3 is 104 Å². The van der Waals surface area contributed by atoms with Gasteiger partial charge in [-0.15, -0.1) is 0 Å². The van der Waals surface area contributed by atoms with E-state index < -0.39 is 184 Å². The van der Waals surface area contributed by atoms with Crippen molar-refractivity contribution < 1.29 is 130 Å². The highest BCUT2D eigenvalue weighted by atomic mass is 35.5. The second-order valence-corrected chi connectivity index (χ2v) is 22.1. The lowest BCUT2D eigenvalue weighted by Crippen LogP contribution is -2.59. The van der Waals surface area contributed by atoms with Crippen LogP contribution in [0.5, 0.6) is 46.0 Å². The number of fused-ring (bicyclic) bond motifs is 15. The first-order chi connectivity index (χ1) is 45.8. The van der Waals surface area contributed by atoms with E-state index in [4.69, 9.17) is 63.9 Å². The summed E-state index contributed by atoms with van der Waals surface area (Å²) < 4.78 is 75.7. The first kappa shape index (κ1) is 74.1. The maximum absolute atomic E-state index is 15.4. The van der Waals surface area contributed by atoms with E-state index in [1.807, 2.05) is 0 Å². The molecule has 9 atom stereocenters. The highest BCUT2D eigenvalue weighted by Gasteiger charge is 2.43. The summed E-state index contributed by atoms with van der Waals surface area (Å²) in [7, 11) is 1.46. The number of phenols is 4. The normalized spacial score (nSPS) is 20.3. The van der Waals surface area contributed by atoms with Crippen molar-refractivity contribution in [3.8, 4) is 57.1 Å². The number of carbonyl (C=O) groups is 10. The van der Waals surface area contributed by atoms with Gasteiger partial charge in [0, 0.05) is 28.4 Å². The molecule has 11 bridgehead atoms. The molecule has 20 N–H and O–H groups in total. The van der Waals surface area contributed by atoms with Gasteiger partial charge in [0.15, 0.2) is 17.5 Å². The van der Waals surface area contributed by atoms with E-state index in [1.54, 1.807) is 24.3 Å². The fourth-order valence-corrected chi connectivity index (χ4v) is 10.3. The zero-order valence-electron chi connectivity index (χ0n) is 49.5. The van der Waals surface area contributed by atoms with E-state index >= 15 is 9.59 Å². The molecule has 5 heterocycles. The van der Waals surface area contributed by atoms with Crippen LogP contribution in [0, 0.1) is 0 Å². The number of carbonyl (C=O) groups excluding carboxylic acids is 7. The molecular weight excluding hydrogens is 1370 g/mol. The number of benzene rings is 6. The fourth-order valence-electron chi connectivity index (χ4n) is 9.80. The molecule has 7 amide bonds. The number of nitrogen functional groups attached to an aromatic ring is 1. The summed E-state index contributed by atoms with van der Waals surface area (Å²) in [6.07, 6.45) is -15.3. The Morgan fingerprint density at radius 2 is 1.13 bits per heavy atom. The van der Waals surface area contributed by atoms with E-state index in [0.29, 0.717) is 11.3 Å². The summed E-state index contributed by atoms with van der Waals surface area (Å²) in [5.74, 6) is -20.7. The molecule has 6 aromatic rings. The number of aromatic hydroxyl groups is 4. The third kappa shape index (κ3) is 17.6. The molecule has 0 aromatic heterocycles. The molecule has 0 saturated carbocycles. The number of primary amides is 1. The van der Waals surface area contributed by atoms with Gasteiger partial charge in [0.25, 0.3) is 0 Å². The van der Waals surface area contributed by atoms with Crippen molar-refractivity contribution in [1.29, 1.82) is 0 Å². The molecular formula is C60H53Cl2F6N9O21. The SMILES string of the molecule is CN[C@H](Cc1cccc(N)c1)C(=O)N[C@H]1C(=O)N[C@@H](CC(N)=O)C(=O)N[C@H]2C(=O)N[C@H]3C(=O)N[C@H](C(=O)N[C@H](C(=O)O)c4cc(O)cc(O)c4-c4cc3ccc4O)[C@H](O)c3ccc(c(Cl)c3)Oc3cc2cc(c3O)Oc2ccc(cc2Cl)[C@H]1O.O=C(O)C(F)(F)F.O=C(O)C(F)(F)F. The van der Waals surface area contributed by atoms with Gasteiger partial charge in [-0.2, -0.15) is 26.3 Å². The third-order valence-corrected chi connectivity index (χ3v) is 15.1. The largest absolute Gasteiger partial charge is 0.508 e. The monoisotopic (exact) mass is 1420 g/mol. The van der Waals surface area contributed by atoms with Crippen LogP contribution in [0.25, 0.3) is 11.1 Å². The number of carboxylic acids is 3. The molecule has 6 aromatic carbocycles. The summed E-state index contributed by atoms with van der Waals surface area (Å²) in [5, 5.41) is 111. The quantitative estimate of drug-likeness (QED) is 0.0766. The minimum atomic E-state index is -5.08. The fraction of sp³-hybridized carbons (Fsp3) is 0.233. The number of phenolic OH excluding ortho intramolecular Hbond substituents is 4. The maximum Gasteiger partial charge on any atom is 0.490 e. The zero-order chi connectivity index (χ0) is 72.7. The van der Waals surface area contributed by atoms with Gasteiger partial charge in [-0.1, -0.05) is 53.5 Å². The summed E-state index contributed by atoms with van der Waals surface area (Å²) in [6.45, 7) is 0. The van der Waals surface area contributed by atoms with Crippen LogP contribution in [-0.4, -0.2) is 149 Å². The van der Waals surface area contributed by atoms with Gasteiger partial charge in [-0.3, -0.25) is 33.6 Å². The molecule has 0 radical (unpaired) electrons. The number of anilines is 1. The minimum Gasteiger partial charge on any atom is -0.508 e. The molecule has 30 nitrogen and oxygen atoms in total. The number of halogens is 8. The molecule has 5 aliphatic rings. The van der Waals surface area contributed by atoms with E-state index in [9.17, 15) is 90.9 Å². The molecule has 38 heteroatoms. The van der Waals surface area contributed by atoms with Crippen molar-refractivity contribution in [3.05, 3.63) is 147 Å². The molecule has 0 fully saturated rings. The number of nitrogens with two attached hydrogens (primary N) is 2. The van der Waals surface area contributed by atoms with E-state index in [0.717, 1.165) is 60.7 Å². The van der Waals surface area contributed by atoms with Gasteiger partial charge in [0.05, 0.1) is 22.5 Å². The molecule has 5 aliphatic heterocycles. The zero-order valence-corrected chi connectivity index (χ0v) is 51.0. The molecule has 0 saturated heterocycles. The lowest BCUT2D eigenvalue weighted by molar-refractivity contribution is -0.193. The summed E-state index contributed by atoms with van der Waals surface area (Å²) in [4.78, 5) is 132. The highest BCUT2D eigenvalue weighted by Crippen LogP contribution is 2.48. The summed E-state index contributed by atoms with van der Waals surface area (Å²) in [5.41, 5.74) is 10.2. The highest BCUT2D eigenvalue weighted by molar-refractivity contribution is 6.32. The number of carboxylic acid groups (broad SMARTS) is 3. The molecule has 0 unspecified atom stereocenters. The average molecular weight is 1420 g/mol. The maximum atomic E-state index is 15.4. The molecule has 98 heavy (non-hydrogen) atoms. The van der Waals surface area contributed by atoms with Gasteiger partial charge in [0.2, 0.25) is 47.1 Å². The van der Waals surface area contributed by atoms with Gasteiger partial charge in [0.1, 0.15) is 71.2 Å². The van der Waals surface area contributed by atoms with E-state index in [1.165, 1.54) is 25.2 Å². The first-order valence-electron chi connectivity index (χ1n) is 27.8. The Morgan fingerprint density at radius 3 is 1.65 bits per heavy atom. The van der Waals surface area contributed by atoms with Crippen LogP contribution >= 0.6 is 23.2 Å². The van der Waals surface area contributed by atoms with Crippen molar-refractivity contribution in [2.24, 2.45) is 5.73 Å². The topological polar surface area (TPSA) is 507 Å². The number of likely N-dealkylation sites (N-methyl/N-ethyl adjacent to an activating group) is 1. The number of aliphatic hydroxyl groups is 2. The number of rotatable bonds is 8. The van der Waals surface area contributed by atoms with Crippen LogP contribution in [-0.2, 0) is 54.4 Å². The number of alkyl halides is 6. The van der Waals surface area contributed by atoms with Crippen LogP contribution in [0.1, 0.15) is 70.1 Å². The van der Waals surface area contributed by atoms with Crippen LogP contribution in [0.4, 0.5) is 32.0 Å². The number of aliphatic carboxylic acids is 3. The number of nitrogens with one attached hydrogen (secondary N) is 7. The van der Waals surface area contributed by atoms with Gasteiger partial charge >= 0.3 is 30.3 Å². The number of hydrogen-bond donors (Lipinski definition) is 18. The minimum absolute atomic E-state index is 0.0232. The second kappa shape index (κ2) is 30.2. The Balaban J connectivity index is 0.000000871. The van der Waals surface area contributed by atoms with Crippen LogP contribution in [0.3, 0.4) is 0 Å². The molecule has 520 valence electrons. The predicted molar refractivity (Wildman–Crippen MR) is 323 cm³/mol. The Morgan fingerprint density at radius 1 is 0.602 bits per heavy atom. The Bertz CT molecular complexity index is 4160. The number of amides is 7. The number of aliphatic hydroxyl groups excluding tert-OH is 2. The second-order valence-electron chi connectivity index (χ2n) is 21.3. The molecule has 0 spiro atoms. The van der Waals surface area contributed by atoms with Crippen LogP contribution < -0.4 is 58.2 Å². The first-order valence-corrected chi connectivity index (χ1v) is 28.6. The van der Waals surface area contributed by atoms with Gasteiger partial charge in [-0.25, -0.2) is 14.4 Å². The molecule has 11 rings (SSSR count). The summed E-state index contributed by atoms with van der Waals surface area (Å²) in [6, 6.07) is 6.76. The van der Waals surface area contributed by atoms with Crippen molar-refractivity contribution in [2.75, 3.05) is 12.8 Å². The Labute approximate surface area is 555 Å². The van der Waals surface area contributed by atoms with Crippen molar-refractivity contribution in [3.63, 3.8) is 0 Å². The average Bonchev–Trinajstić information content (AvgIpc) is 0.770. The smallest absolute Gasteiger partial charge is 0.490 e. The Hall–Kier alpha value is -11.3. The predicted octanol–water partition coefficient (Wildman–Crippen LogP) is 3.44. The Kier molecular flexibility index (Phi) is 22.8. The third-order valence-electron chi connectivity index (χ3n) is 14.5. The lowest BCUT2D eigenvalue weighted by Gasteiger charge is -2.31. The lowest BCUT2D eigenvalue weighted by atomic mass is 9.89. The van der Waals surface area contributed by atoms with Crippen molar-refractivity contribution >= 4 is 88.1 Å².